The van der Waals surface area contributed by atoms with Crippen LogP contribution in [0.15, 0.2) is 60.9 Å². The Hall–Kier alpha value is -3.94. The van der Waals surface area contributed by atoms with Gasteiger partial charge in [0.05, 0.1) is 0 Å². The molecule has 8 heteroatoms. The van der Waals surface area contributed by atoms with Gasteiger partial charge in [-0.25, -0.2) is 4.98 Å². The molecule has 3 N–H and O–H groups in total. The van der Waals surface area contributed by atoms with Gasteiger partial charge in [-0.15, -0.1) is 0 Å². The Morgan fingerprint density at radius 2 is 1.70 bits per heavy atom. The van der Waals surface area contributed by atoms with Crippen molar-refractivity contribution in [2.24, 2.45) is 11.8 Å². The lowest BCUT2D eigenvalue weighted by Gasteiger charge is -2.45. The van der Waals surface area contributed by atoms with E-state index in [0.29, 0.717) is 30.7 Å². The molecule has 8 nitrogen and oxygen atoms in total. The molecular weight excluding hydrogens is 502 g/mol. The van der Waals surface area contributed by atoms with Crippen LogP contribution in [0.5, 0.6) is 0 Å². The number of H-pyrrole nitrogens is 1. The number of imidazole rings is 1. The van der Waals surface area contributed by atoms with Gasteiger partial charge in [-0.1, -0.05) is 62.4 Å². The molecule has 2 aliphatic rings. The third-order valence-corrected chi connectivity index (χ3v) is 7.73. The molecule has 5 rings (SSSR count). The molecule has 1 aliphatic carbocycles. The highest BCUT2D eigenvalue weighted by Gasteiger charge is 2.49. The number of rotatable bonds is 7. The van der Waals surface area contributed by atoms with E-state index in [2.05, 4.69) is 32.7 Å². The summed E-state index contributed by atoms with van der Waals surface area (Å²) in [6.07, 6.45) is 5.33. The van der Waals surface area contributed by atoms with Crippen molar-refractivity contribution in [1.82, 2.24) is 25.5 Å². The molecule has 1 aromatic heterocycles. The van der Waals surface area contributed by atoms with Crippen LogP contribution in [-0.2, 0) is 27.2 Å². The minimum Gasteiger partial charge on any atom is -0.349 e. The summed E-state index contributed by atoms with van der Waals surface area (Å²) in [6, 6.07) is 13.3. The summed E-state index contributed by atoms with van der Waals surface area (Å²) in [4.78, 5) is 51.2. The Morgan fingerprint density at radius 1 is 1.05 bits per heavy atom. The quantitative estimate of drug-likeness (QED) is 0.417. The second-order valence-corrected chi connectivity index (χ2v) is 12.5. The minimum atomic E-state index is -0.960. The average Bonchev–Trinajstić information content (AvgIpc) is 3.57. The van der Waals surface area contributed by atoms with Crippen molar-refractivity contribution in [3.63, 3.8) is 0 Å². The zero-order chi connectivity index (χ0) is 28.6. The van der Waals surface area contributed by atoms with Gasteiger partial charge in [0.1, 0.15) is 23.9 Å². The van der Waals surface area contributed by atoms with Crippen LogP contribution in [0.25, 0.3) is 11.4 Å². The zero-order valence-corrected chi connectivity index (χ0v) is 23.9. The standard InChI is InChI=1S/C32H39N5O3/c1-19(2)16-25-29(38)35-26(24-17-22-8-6-7-9-23(22)18-24)31(40)37(25)27(30(39)36-32(3,4)5)20-10-12-21(13-11-20)28-33-14-15-34-28/h6-15,19,24-27H,16-18H2,1-5H3,(H,33,34)(H,35,38)(H,36,39)/t25-,26?,27?/m1/s1. The van der Waals surface area contributed by atoms with Crippen molar-refractivity contribution in [3.05, 3.63) is 77.6 Å². The monoisotopic (exact) mass is 541 g/mol. The molecule has 1 saturated heterocycles. The second kappa shape index (κ2) is 10.9. The number of nitrogens with one attached hydrogen (secondary N) is 3. The lowest BCUT2D eigenvalue weighted by molar-refractivity contribution is -0.158. The molecule has 1 fully saturated rings. The van der Waals surface area contributed by atoms with E-state index in [1.54, 1.807) is 17.3 Å². The Bertz CT molecular complexity index is 1350. The number of hydrogen-bond donors (Lipinski definition) is 3. The van der Waals surface area contributed by atoms with E-state index >= 15 is 0 Å². The smallest absolute Gasteiger partial charge is 0.247 e. The molecule has 2 unspecified atom stereocenters. The number of carbonyl (C=O) groups excluding carboxylic acids is 3. The highest BCUT2D eigenvalue weighted by atomic mass is 16.2. The number of amides is 3. The summed E-state index contributed by atoms with van der Waals surface area (Å²) in [5, 5.41) is 6.16. The molecule has 0 saturated carbocycles. The normalized spacial score (nSPS) is 20.4. The fourth-order valence-electron chi connectivity index (χ4n) is 6.00. The molecule has 0 radical (unpaired) electrons. The Kier molecular flexibility index (Phi) is 7.53. The van der Waals surface area contributed by atoms with Crippen LogP contribution >= 0.6 is 0 Å². The van der Waals surface area contributed by atoms with E-state index in [0.717, 1.165) is 5.56 Å². The number of benzene rings is 2. The molecule has 40 heavy (non-hydrogen) atoms. The van der Waals surface area contributed by atoms with Gasteiger partial charge in [-0.3, -0.25) is 14.4 Å². The van der Waals surface area contributed by atoms with Crippen molar-refractivity contribution in [2.75, 3.05) is 0 Å². The number of nitrogens with zero attached hydrogens (tertiary/aromatic N) is 2. The van der Waals surface area contributed by atoms with E-state index < -0.39 is 23.7 Å². The van der Waals surface area contributed by atoms with Gasteiger partial charge in [-0.05, 0) is 68.6 Å². The largest absolute Gasteiger partial charge is 0.349 e. The number of fused-ring (bicyclic) bond motifs is 1. The van der Waals surface area contributed by atoms with Crippen LogP contribution in [0.3, 0.4) is 0 Å². The van der Waals surface area contributed by atoms with Gasteiger partial charge in [0.25, 0.3) is 0 Å². The van der Waals surface area contributed by atoms with Gasteiger partial charge in [0, 0.05) is 23.5 Å². The fraction of sp³-hybridized carbons (Fsp3) is 0.438. The molecule has 2 aromatic carbocycles. The van der Waals surface area contributed by atoms with Crippen molar-refractivity contribution < 1.29 is 14.4 Å². The number of piperazine rings is 1. The molecule has 3 atom stereocenters. The van der Waals surface area contributed by atoms with E-state index in [4.69, 9.17) is 0 Å². The van der Waals surface area contributed by atoms with Crippen LogP contribution in [-0.4, -0.2) is 50.2 Å². The number of aromatic amines is 1. The molecule has 0 spiro atoms. The summed E-state index contributed by atoms with van der Waals surface area (Å²) in [6.45, 7) is 9.79. The predicted octanol–water partition coefficient (Wildman–Crippen LogP) is 4.19. The molecular formula is C32H39N5O3. The summed E-state index contributed by atoms with van der Waals surface area (Å²) < 4.78 is 0. The number of hydrogen-bond acceptors (Lipinski definition) is 4. The van der Waals surface area contributed by atoms with Crippen LogP contribution < -0.4 is 10.6 Å². The van der Waals surface area contributed by atoms with Crippen LogP contribution in [0, 0.1) is 11.8 Å². The average molecular weight is 542 g/mol. The first-order chi connectivity index (χ1) is 19.0. The minimum absolute atomic E-state index is 0.0657. The van der Waals surface area contributed by atoms with Crippen molar-refractivity contribution in [2.45, 2.75) is 77.5 Å². The molecule has 0 bridgehead atoms. The van der Waals surface area contributed by atoms with E-state index in [1.807, 2.05) is 71.0 Å². The van der Waals surface area contributed by atoms with E-state index in [1.165, 1.54) is 11.1 Å². The maximum absolute atomic E-state index is 14.5. The Morgan fingerprint density at radius 3 is 2.25 bits per heavy atom. The van der Waals surface area contributed by atoms with Crippen molar-refractivity contribution in [3.8, 4) is 11.4 Å². The Labute approximate surface area is 236 Å². The first-order valence-corrected chi connectivity index (χ1v) is 14.1. The maximum atomic E-state index is 14.5. The zero-order valence-electron chi connectivity index (χ0n) is 23.9. The van der Waals surface area contributed by atoms with Crippen LogP contribution in [0.1, 0.15) is 63.8 Å². The van der Waals surface area contributed by atoms with Gasteiger partial charge in [-0.2, -0.15) is 0 Å². The number of carbonyl (C=O) groups is 3. The first kappa shape index (κ1) is 27.6. The summed E-state index contributed by atoms with van der Waals surface area (Å²) in [5.74, 6) is 0.0926. The van der Waals surface area contributed by atoms with Gasteiger partial charge in [0.2, 0.25) is 17.7 Å². The summed E-state index contributed by atoms with van der Waals surface area (Å²) in [5.41, 5.74) is 3.42. The molecule has 3 amide bonds. The fourth-order valence-corrected chi connectivity index (χ4v) is 6.00. The first-order valence-electron chi connectivity index (χ1n) is 14.1. The van der Waals surface area contributed by atoms with Gasteiger partial charge >= 0.3 is 0 Å². The topological polar surface area (TPSA) is 107 Å². The summed E-state index contributed by atoms with van der Waals surface area (Å²) in [7, 11) is 0. The van der Waals surface area contributed by atoms with Crippen molar-refractivity contribution in [1.29, 1.82) is 0 Å². The summed E-state index contributed by atoms with van der Waals surface area (Å²) >= 11 is 0. The van der Waals surface area contributed by atoms with Crippen LogP contribution in [0.2, 0.25) is 0 Å². The highest BCUT2D eigenvalue weighted by Crippen LogP contribution is 2.36. The second-order valence-electron chi connectivity index (χ2n) is 12.5. The van der Waals surface area contributed by atoms with Crippen LogP contribution in [0.4, 0.5) is 0 Å². The number of aromatic nitrogens is 2. The van der Waals surface area contributed by atoms with Gasteiger partial charge < -0.3 is 20.5 Å². The third-order valence-electron chi connectivity index (χ3n) is 7.73. The third kappa shape index (κ3) is 5.67. The molecule has 2 heterocycles. The maximum Gasteiger partial charge on any atom is 0.247 e. The van der Waals surface area contributed by atoms with E-state index in [9.17, 15) is 14.4 Å². The highest BCUT2D eigenvalue weighted by molar-refractivity contribution is 6.00. The molecule has 3 aromatic rings. The lowest BCUT2D eigenvalue weighted by Crippen LogP contribution is -2.67. The van der Waals surface area contributed by atoms with Crippen molar-refractivity contribution >= 4 is 17.7 Å². The molecule has 1 aliphatic heterocycles. The predicted molar refractivity (Wildman–Crippen MR) is 154 cm³/mol. The lowest BCUT2D eigenvalue weighted by atomic mass is 9.87. The van der Waals surface area contributed by atoms with Gasteiger partial charge in [0.15, 0.2) is 0 Å². The Balaban J connectivity index is 1.55. The van der Waals surface area contributed by atoms with E-state index in [-0.39, 0.29) is 29.6 Å². The SMILES string of the molecule is CC(C)C[C@@H]1C(=O)NC(C2Cc3ccccc3C2)C(=O)N1C(C(=O)NC(C)(C)C)c1ccc(-c2ncc[nH]2)cc1. The molecule has 210 valence electrons.